The maximum absolute atomic E-state index is 11.9. The molecule has 1 aromatic heterocycles. The molecular weight excluding hydrogens is 238 g/mol. The molecule has 0 fully saturated rings. The zero-order valence-corrected chi connectivity index (χ0v) is 10.7. The molecule has 4 nitrogen and oxygen atoms in total. The largest absolute Gasteiger partial charge is 0.348 e. The SMILES string of the molecule is CCCCC(CN)NC(=O)c1ccncc1Cl. The van der Waals surface area contributed by atoms with E-state index >= 15 is 0 Å². The Bertz CT molecular complexity index is 371. The van der Waals surface area contributed by atoms with Gasteiger partial charge in [-0.05, 0) is 12.5 Å². The van der Waals surface area contributed by atoms with Crippen molar-refractivity contribution in [3.63, 3.8) is 0 Å². The molecule has 0 radical (unpaired) electrons. The molecule has 5 heteroatoms. The van der Waals surface area contributed by atoms with Gasteiger partial charge in [-0.2, -0.15) is 0 Å². The van der Waals surface area contributed by atoms with Gasteiger partial charge in [-0.3, -0.25) is 9.78 Å². The van der Waals surface area contributed by atoms with Gasteiger partial charge in [0.25, 0.3) is 5.91 Å². The van der Waals surface area contributed by atoms with Gasteiger partial charge in [0.05, 0.1) is 10.6 Å². The summed E-state index contributed by atoms with van der Waals surface area (Å²) in [6, 6.07) is 1.61. The minimum absolute atomic E-state index is 0.00619. The lowest BCUT2D eigenvalue weighted by molar-refractivity contribution is 0.0936. The Hall–Kier alpha value is -1.13. The number of aromatic nitrogens is 1. The number of rotatable bonds is 6. The first-order chi connectivity index (χ1) is 8.19. The lowest BCUT2D eigenvalue weighted by Crippen LogP contribution is -2.40. The van der Waals surface area contributed by atoms with Crippen molar-refractivity contribution in [3.8, 4) is 0 Å². The van der Waals surface area contributed by atoms with Gasteiger partial charge in [-0.15, -0.1) is 0 Å². The highest BCUT2D eigenvalue weighted by atomic mass is 35.5. The van der Waals surface area contributed by atoms with Gasteiger partial charge in [-0.25, -0.2) is 0 Å². The summed E-state index contributed by atoms with van der Waals surface area (Å²) in [4.78, 5) is 15.8. The summed E-state index contributed by atoms with van der Waals surface area (Å²) >= 11 is 5.90. The fourth-order valence-corrected chi connectivity index (χ4v) is 1.73. The molecule has 1 atom stereocenters. The number of halogens is 1. The Morgan fingerprint density at radius 2 is 2.41 bits per heavy atom. The van der Waals surface area contributed by atoms with Gasteiger partial charge in [0, 0.05) is 25.0 Å². The highest BCUT2D eigenvalue weighted by Crippen LogP contribution is 2.13. The predicted molar refractivity (Wildman–Crippen MR) is 69.1 cm³/mol. The van der Waals surface area contributed by atoms with Crippen molar-refractivity contribution < 1.29 is 4.79 Å². The Labute approximate surface area is 107 Å². The molecule has 0 aliphatic rings. The molecule has 0 saturated heterocycles. The first-order valence-electron chi connectivity index (χ1n) is 5.79. The van der Waals surface area contributed by atoms with Gasteiger partial charge >= 0.3 is 0 Å². The van der Waals surface area contributed by atoms with E-state index in [9.17, 15) is 4.79 Å². The van der Waals surface area contributed by atoms with Crippen LogP contribution in [0.25, 0.3) is 0 Å². The number of amides is 1. The molecule has 1 amide bonds. The van der Waals surface area contributed by atoms with Crippen molar-refractivity contribution in [2.75, 3.05) is 6.54 Å². The predicted octanol–water partition coefficient (Wildman–Crippen LogP) is 1.98. The fraction of sp³-hybridized carbons (Fsp3) is 0.500. The molecule has 0 spiro atoms. The minimum atomic E-state index is -0.191. The molecular formula is C12H18ClN3O. The Balaban J connectivity index is 2.61. The topological polar surface area (TPSA) is 68.0 Å². The molecule has 17 heavy (non-hydrogen) atoms. The van der Waals surface area contributed by atoms with E-state index in [1.807, 2.05) is 0 Å². The molecule has 1 rings (SSSR count). The molecule has 1 aromatic rings. The Morgan fingerprint density at radius 1 is 1.65 bits per heavy atom. The molecule has 1 unspecified atom stereocenters. The van der Waals surface area contributed by atoms with Crippen LogP contribution in [0, 0.1) is 0 Å². The monoisotopic (exact) mass is 255 g/mol. The number of pyridine rings is 1. The van der Waals surface area contributed by atoms with Crippen LogP contribution in [0.1, 0.15) is 36.5 Å². The van der Waals surface area contributed by atoms with E-state index in [1.165, 1.54) is 6.20 Å². The average Bonchev–Trinajstić information content (AvgIpc) is 2.34. The van der Waals surface area contributed by atoms with Crippen LogP contribution in [-0.4, -0.2) is 23.5 Å². The molecule has 1 heterocycles. The quantitative estimate of drug-likeness (QED) is 0.817. The van der Waals surface area contributed by atoms with Gasteiger partial charge < -0.3 is 11.1 Å². The summed E-state index contributed by atoms with van der Waals surface area (Å²) < 4.78 is 0. The Morgan fingerprint density at radius 3 is 3.00 bits per heavy atom. The summed E-state index contributed by atoms with van der Waals surface area (Å²) in [6.07, 6.45) is 6.03. The van der Waals surface area contributed by atoms with E-state index < -0.39 is 0 Å². The number of hydrogen-bond acceptors (Lipinski definition) is 3. The lowest BCUT2D eigenvalue weighted by Gasteiger charge is -2.16. The van der Waals surface area contributed by atoms with Crippen molar-refractivity contribution >= 4 is 17.5 Å². The highest BCUT2D eigenvalue weighted by molar-refractivity contribution is 6.33. The van der Waals surface area contributed by atoms with Gasteiger partial charge in [0.15, 0.2) is 0 Å². The van der Waals surface area contributed by atoms with Crippen LogP contribution in [0.5, 0.6) is 0 Å². The van der Waals surface area contributed by atoms with Crippen molar-refractivity contribution in [2.45, 2.75) is 32.2 Å². The molecule has 0 aromatic carbocycles. The normalized spacial score (nSPS) is 12.2. The lowest BCUT2D eigenvalue weighted by atomic mass is 10.1. The van der Waals surface area contributed by atoms with Gasteiger partial charge in [0.1, 0.15) is 0 Å². The zero-order chi connectivity index (χ0) is 12.7. The van der Waals surface area contributed by atoms with Crippen molar-refractivity contribution in [1.82, 2.24) is 10.3 Å². The number of nitrogens with two attached hydrogens (primary N) is 1. The third-order valence-corrected chi connectivity index (χ3v) is 2.84. The second-order valence-electron chi connectivity index (χ2n) is 3.90. The summed E-state index contributed by atoms with van der Waals surface area (Å²) in [7, 11) is 0. The fourth-order valence-electron chi connectivity index (χ4n) is 1.52. The molecule has 0 saturated carbocycles. The molecule has 94 valence electrons. The van der Waals surface area contributed by atoms with E-state index in [-0.39, 0.29) is 11.9 Å². The van der Waals surface area contributed by atoms with Crippen molar-refractivity contribution in [1.29, 1.82) is 0 Å². The summed E-state index contributed by atoms with van der Waals surface area (Å²) in [6.45, 7) is 2.55. The number of unbranched alkanes of at least 4 members (excludes halogenated alkanes) is 1. The van der Waals surface area contributed by atoms with Crippen LogP contribution in [0.3, 0.4) is 0 Å². The molecule has 0 bridgehead atoms. The molecule has 3 N–H and O–H groups in total. The third-order valence-electron chi connectivity index (χ3n) is 2.54. The van der Waals surface area contributed by atoms with Crippen molar-refractivity contribution in [2.24, 2.45) is 5.73 Å². The van der Waals surface area contributed by atoms with E-state index in [4.69, 9.17) is 17.3 Å². The second-order valence-corrected chi connectivity index (χ2v) is 4.31. The minimum Gasteiger partial charge on any atom is -0.348 e. The van der Waals surface area contributed by atoms with E-state index in [2.05, 4.69) is 17.2 Å². The standard InChI is InChI=1S/C12H18ClN3O/c1-2-3-4-9(7-14)16-12(17)10-5-6-15-8-11(10)13/h5-6,8-9H,2-4,7,14H2,1H3,(H,16,17). The first kappa shape index (κ1) is 13.9. The molecule has 0 aliphatic heterocycles. The second kappa shape index (κ2) is 7.25. The Kier molecular flexibility index (Phi) is 5.94. The summed E-state index contributed by atoms with van der Waals surface area (Å²) in [5.41, 5.74) is 6.06. The number of hydrogen-bond donors (Lipinski definition) is 2. The average molecular weight is 256 g/mol. The summed E-state index contributed by atoms with van der Waals surface area (Å²) in [5.74, 6) is -0.191. The third kappa shape index (κ3) is 4.32. The van der Waals surface area contributed by atoms with Crippen molar-refractivity contribution in [3.05, 3.63) is 29.0 Å². The maximum atomic E-state index is 11.9. The van der Waals surface area contributed by atoms with Crippen LogP contribution in [0.4, 0.5) is 0 Å². The van der Waals surface area contributed by atoms with E-state index in [1.54, 1.807) is 12.3 Å². The summed E-state index contributed by atoms with van der Waals surface area (Å²) in [5, 5.41) is 3.24. The highest BCUT2D eigenvalue weighted by Gasteiger charge is 2.14. The van der Waals surface area contributed by atoms with Gasteiger partial charge in [-0.1, -0.05) is 31.4 Å². The zero-order valence-electron chi connectivity index (χ0n) is 9.95. The number of carbonyl (C=O) groups excluding carboxylic acids is 1. The smallest absolute Gasteiger partial charge is 0.253 e. The van der Waals surface area contributed by atoms with Crippen LogP contribution < -0.4 is 11.1 Å². The van der Waals surface area contributed by atoms with Crippen LogP contribution in [-0.2, 0) is 0 Å². The van der Waals surface area contributed by atoms with E-state index in [0.717, 1.165) is 19.3 Å². The van der Waals surface area contributed by atoms with Crippen LogP contribution in [0.2, 0.25) is 5.02 Å². The maximum Gasteiger partial charge on any atom is 0.253 e. The van der Waals surface area contributed by atoms with Crippen LogP contribution >= 0.6 is 11.6 Å². The number of nitrogens with zero attached hydrogens (tertiary/aromatic N) is 1. The first-order valence-corrected chi connectivity index (χ1v) is 6.17. The number of carbonyl (C=O) groups is 1. The number of nitrogens with one attached hydrogen (secondary N) is 1. The van der Waals surface area contributed by atoms with Gasteiger partial charge in [0.2, 0.25) is 0 Å². The van der Waals surface area contributed by atoms with E-state index in [0.29, 0.717) is 17.1 Å². The molecule has 0 aliphatic carbocycles. The van der Waals surface area contributed by atoms with Crippen LogP contribution in [0.15, 0.2) is 18.5 Å².